The average Bonchev–Trinajstić information content (AvgIpc) is 2.69. The summed E-state index contributed by atoms with van der Waals surface area (Å²) in [7, 11) is 0. The number of halogens is 1. The third kappa shape index (κ3) is 4.38. The molecule has 2 atom stereocenters. The second kappa shape index (κ2) is 8.22. The Labute approximate surface area is 165 Å². The molecule has 0 unspecified atom stereocenters. The Balaban J connectivity index is 1.74. The van der Waals surface area contributed by atoms with Crippen molar-refractivity contribution in [2.75, 3.05) is 0 Å². The van der Waals surface area contributed by atoms with Crippen molar-refractivity contribution >= 4 is 17.5 Å². The highest BCUT2D eigenvalue weighted by molar-refractivity contribution is 6.30. The molecule has 27 heavy (non-hydrogen) atoms. The van der Waals surface area contributed by atoms with Crippen LogP contribution in [-0.2, 0) is 4.79 Å². The van der Waals surface area contributed by atoms with Gasteiger partial charge in [-0.2, -0.15) is 0 Å². The largest absolute Gasteiger partial charge is 0.487 e. The van der Waals surface area contributed by atoms with Gasteiger partial charge < -0.3 is 14.8 Å². The highest BCUT2D eigenvalue weighted by Crippen LogP contribution is 2.42. The number of nitrogens with one attached hydrogen (secondary N) is 1. The fraction of sp³-hybridized carbons (Fsp3) is 0.409. The van der Waals surface area contributed by atoms with Gasteiger partial charge in [-0.05, 0) is 50.1 Å². The highest BCUT2D eigenvalue weighted by atomic mass is 35.5. The predicted molar refractivity (Wildman–Crippen MR) is 107 cm³/mol. The molecule has 1 heterocycles. The van der Waals surface area contributed by atoms with Crippen molar-refractivity contribution in [2.24, 2.45) is 0 Å². The van der Waals surface area contributed by atoms with Crippen LogP contribution in [0.15, 0.2) is 48.5 Å². The molecule has 0 saturated carbocycles. The number of para-hydroxylation sites is 1. The zero-order valence-electron chi connectivity index (χ0n) is 16.0. The summed E-state index contributed by atoms with van der Waals surface area (Å²) in [6.07, 6.45) is 1.91. The fourth-order valence-electron chi connectivity index (χ4n) is 3.49. The summed E-state index contributed by atoms with van der Waals surface area (Å²) in [6, 6.07) is 14.8. The summed E-state index contributed by atoms with van der Waals surface area (Å²) in [4.78, 5) is 12.8. The minimum atomic E-state index is -0.612. The van der Waals surface area contributed by atoms with E-state index < -0.39 is 6.10 Å². The van der Waals surface area contributed by atoms with Crippen molar-refractivity contribution in [3.8, 4) is 11.5 Å². The van der Waals surface area contributed by atoms with Gasteiger partial charge in [0, 0.05) is 17.0 Å². The van der Waals surface area contributed by atoms with E-state index in [1.165, 1.54) is 0 Å². The van der Waals surface area contributed by atoms with E-state index >= 15 is 0 Å². The molecule has 1 N–H and O–H groups in total. The number of ether oxygens (including phenoxy) is 2. The van der Waals surface area contributed by atoms with Crippen LogP contribution in [0.25, 0.3) is 0 Å². The van der Waals surface area contributed by atoms with Crippen molar-refractivity contribution in [3.63, 3.8) is 0 Å². The van der Waals surface area contributed by atoms with Crippen LogP contribution in [0, 0.1) is 0 Å². The van der Waals surface area contributed by atoms with E-state index in [-0.39, 0.29) is 17.6 Å². The zero-order valence-corrected chi connectivity index (χ0v) is 16.8. The Bertz CT molecular complexity index is 786. The third-order valence-corrected chi connectivity index (χ3v) is 5.55. The molecule has 0 saturated heterocycles. The lowest BCUT2D eigenvalue weighted by Crippen LogP contribution is -2.46. The van der Waals surface area contributed by atoms with Gasteiger partial charge in [0.25, 0.3) is 5.91 Å². The van der Waals surface area contributed by atoms with Gasteiger partial charge in [0.05, 0.1) is 6.04 Å². The van der Waals surface area contributed by atoms with Gasteiger partial charge in [-0.1, -0.05) is 43.6 Å². The molecule has 0 spiro atoms. The Morgan fingerprint density at radius 2 is 1.89 bits per heavy atom. The maximum absolute atomic E-state index is 12.8. The first kappa shape index (κ1) is 19.6. The lowest BCUT2D eigenvalue weighted by molar-refractivity contribution is -0.128. The number of amides is 1. The Hall–Kier alpha value is -2.20. The molecule has 4 nitrogen and oxygen atoms in total. The minimum Gasteiger partial charge on any atom is -0.487 e. The first-order valence-corrected chi connectivity index (χ1v) is 9.84. The van der Waals surface area contributed by atoms with E-state index in [4.69, 9.17) is 21.1 Å². The molecule has 1 amide bonds. The van der Waals surface area contributed by atoms with E-state index in [0.29, 0.717) is 10.8 Å². The molecule has 0 fully saturated rings. The van der Waals surface area contributed by atoms with E-state index in [2.05, 4.69) is 19.2 Å². The first-order chi connectivity index (χ1) is 13.0. The SMILES string of the molecule is CCC1(CC)C[C@H](NC(=O)[C@@H](C)Oc2ccc(Cl)cc2)c2ccccc2O1. The Morgan fingerprint density at radius 3 is 2.56 bits per heavy atom. The topological polar surface area (TPSA) is 47.6 Å². The number of hydrogen-bond donors (Lipinski definition) is 1. The number of carbonyl (C=O) groups is 1. The second-order valence-electron chi connectivity index (χ2n) is 7.01. The third-order valence-electron chi connectivity index (χ3n) is 5.30. The van der Waals surface area contributed by atoms with E-state index in [9.17, 15) is 4.79 Å². The van der Waals surface area contributed by atoms with Gasteiger partial charge in [-0.25, -0.2) is 0 Å². The summed E-state index contributed by atoms with van der Waals surface area (Å²) in [5.41, 5.74) is 0.758. The fourth-order valence-corrected chi connectivity index (χ4v) is 3.62. The predicted octanol–water partition coefficient (Wildman–Crippen LogP) is 5.31. The molecule has 2 aromatic rings. The molecule has 1 aliphatic heterocycles. The van der Waals surface area contributed by atoms with Crippen molar-refractivity contribution in [1.29, 1.82) is 0 Å². The van der Waals surface area contributed by atoms with Crippen LogP contribution in [-0.4, -0.2) is 17.6 Å². The van der Waals surface area contributed by atoms with Crippen molar-refractivity contribution in [3.05, 3.63) is 59.1 Å². The molecule has 1 aliphatic rings. The van der Waals surface area contributed by atoms with Gasteiger partial charge >= 0.3 is 0 Å². The maximum Gasteiger partial charge on any atom is 0.261 e. The summed E-state index contributed by atoms with van der Waals surface area (Å²) in [6.45, 7) is 6.01. The normalized spacial score (nSPS) is 18.7. The standard InChI is InChI=1S/C22H26ClNO3/c1-4-22(5-2)14-19(18-8-6-7-9-20(18)27-22)24-21(25)15(3)26-17-12-10-16(23)11-13-17/h6-13,15,19H,4-5,14H2,1-3H3,(H,24,25)/t15-,19+/m1/s1. The van der Waals surface area contributed by atoms with Crippen LogP contribution >= 0.6 is 11.6 Å². The smallest absolute Gasteiger partial charge is 0.261 e. The zero-order chi connectivity index (χ0) is 19.4. The minimum absolute atomic E-state index is 0.0985. The van der Waals surface area contributed by atoms with Gasteiger partial charge in [-0.15, -0.1) is 0 Å². The van der Waals surface area contributed by atoms with Crippen molar-refractivity contribution in [1.82, 2.24) is 5.32 Å². The van der Waals surface area contributed by atoms with Gasteiger partial charge in [0.1, 0.15) is 17.1 Å². The summed E-state index contributed by atoms with van der Waals surface area (Å²) >= 11 is 5.89. The number of carbonyl (C=O) groups excluding carboxylic acids is 1. The summed E-state index contributed by atoms with van der Waals surface area (Å²) in [5.74, 6) is 1.32. The van der Waals surface area contributed by atoms with Crippen molar-refractivity contribution in [2.45, 2.75) is 57.8 Å². The Kier molecular flexibility index (Phi) is 5.95. The molecule has 0 aromatic heterocycles. The number of hydrogen-bond acceptors (Lipinski definition) is 3. The number of fused-ring (bicyclic) bond motifs is 1. The van der Waals surface area contributed by atoms with Crippen LogP contribution in [0.4, 0.5) is 0 Å². The van der Waals surface area contributed by atoms with Gasteiger partial charge in [0.15, 0.2) is 6.10 Å². The Morgan fingerprint density at radius 1 is 1.22 bits per heavy atom. The van der Waals surface area contributed by atoms with Gasteiger partial charge in [-0.3, -0.25) is 4.79 Å². The van der Waals surface area contributed by atoms with Crippen LogP contribution in [0.5, 0.6) is 11.5 Å². The molecule has 144 valence electrons. The van der Waals surface area contributed by atoms with E-state index in [1.807, 2.05) is 24.3 Å². The van der Waals surface area contributed by atoms with Crippen molar-refractivity contribution < 1.29 is 14.3 Å². The van der Waals surface area contributed by atoms with E-state index in [1.54, 1.807) is 31.2 Å². The summed E-state index contributed by atoms with van der Waals surface area (Å²) in [5, 5.41) is 3.79. The number of rotatable bonds is 6. The molecule has 3 rings (SSSR count). The first-order valence-electron chi connectivity index (χ1n) is 9.47. The summed E-state index contributed by atoms with van der Waals surface area (Å²) < 4.78 is 12.1. The lowest BCUT2D eigenvalue weighted by atomic mass is 9.83. The lowest BCUT2D eigenvalue weighted by Gasteiger charge is -2.41. The average molecular weight is 388 g/mol. The van der Waals surface area contributed by atoms with Gasteiger partial charge in [0.2, 0.25) is 0 Å². The highest BCUT2D eigenvalue weighted by Gasteiger charge is 2.39. The van der Waals surface area contributed by atoms with E-state index in [0.717, 1.165) is 30.6 Å². The molecule has 0 aliphatic carbocycles. The monoisotopic (exact) mass is 387 g/mol. The van der Waals surface area contributed by atoms with Crippen LogP contribution < -0.4 is 14.8 Å². The van der Waals surface area contributed by atoms with Crippen LogP contribution in [0.3, 0.4) is 0 Å². The molecular weight excluding hydrogens is 362 g/mol. The molecule has 0 bridgehead atoms. The number of benzene rings is 2. The molecule has 5 heteroatoms. The molecule has 2 aromatic carbocycles. The second-order valence-corrected chi connectivity index (χ2v) is 7.45. The quantitative estimate of drug-likeness (QED) is 0.731. The van der Waals surface area contributed by atoms with Crippen LogP contribution in [0.1, 0.15) is 51.6 Å². The van der Waals surface area contributed by atoms with Crippen LogP contribution in [0.2, 0.25) is 5.02 Å². The molecular formula is C22H26ClNO3. The maximum atomic E-state index is 12.8. The molecule has 0 radical (unpaired) electrons.